The van der Waals surface area contributed by atoms with Crippen molar-refractivity contribution < 1.29 is 24.2 Å². The summed E-state index contributed by atoms with van der Waals surface area (Å²) in [6.07, 6.45) is 1.62. The van der Waals surface area contributed by atoms with Crippen LogP contribution in [0.25, 0.3) is 0 Å². The van der Waals surface area contributed by atoms with Gasteiger partial charge in [0.15, 0.2) is 11.5 Å². The average Bonchev–Trinajstić information content (AvgIpc) is 3.33. The quantitative estimate of drug-likeness (QED) is 0.825. The molecule has 1 aliphatic rings. The molecule has 0 aromatic heterocycles. The molecule has 23 heavy (non-hydrogen) atoms. The zero-order chi connectivity index (χ0) is 17.1. The normalized spacial score (nSPS) is 15.0. The summed E-state index contributed by atoms with van der Waals surface area (Å²) in [6.45, 7) is 3.73. The highest BCUT2D eigenvalue weighted by Crippen LogP contribution is 2.38. The minimum atomic E-state index is -1.03. The summed E-state index contributed by atoms with van der Waals surface area (Å²) in [4.78, 5) is 25.4. The minimum absolute atomic E-state index is 0.0371. The molecule has 1 saturated carbocycles. The first-order chi connectivity index (χ1) is 10.9. The third kappa shape index (κ3) is 3.69. The van der Waals surface area contributed by atoms with Gasteiger partial charge in [0.25, 0.3) is 5.91 Å². The number of amides is 1. The van der Waals surface area contributed by atoms with Crippen molar-refractivity contribution in [1.82, 2.24) is 4.90 Å². The van der Waals surface area contributed by atoms with Gasteiger partial charge in [-0.1, -0.05) is 11.6 Å². The van der Waals surface area contributed by atoms with Crippen LogP contribution in [0.3, 0.4) is 0 Å². The number of hydrogen-bond acceptors (Lipinski definition) is 4. The van der Waals surface area contributed by atoms with Crippen LogP contribution in [0.4, 0.5) is 0 Å². The van der Waals surface area contributed by atoms with E-state index in [2.05, 4.69) is 0 Å². The second-order valence-electron chi connectivity index (χ2n) is 5.38. The Morgan fingerprint density at radius 1 is 1.43 bits per heavy atom. The first kappa shape index (κ1) is 17.4. The number of halogens is 1. The summed E-state index contributed by atoms with van der Waals surface area (Å²) in [5, 5.41) is 9.49. The van der Waals surface area contributed by atoms with Gasteiger partial charge >= 0.3 is 5.97 Å². The van der Waals surface area contributed by atoms with Gasteiger partial charge in [-0.15, -0.1) is 0 Å². The van der Waals surface area contributed by atoms with Crippen LogP contribution in [0.5, 0.6) is 11.5 Å². The van der Waals surface area contributed by atoms with Crippen molar-refractivity contribution in [2.24, 2.45) is 0 Å². The van der Waals surface area contributed by atoms with Gasteiger partial charge in [0.1, 0.15) is 6.04 Å². The molecule has 0 aliphatic heterocycles. The van der Waals surface area contributed by atoms with Crippen molar-refractivity contribution in [3.05, 3.63) is 22.7 Å². The Hall–Kier alpha value is -1.95. The van der Waals surface area contributed by atoms with Gasteiger partial charge in [-0.05, 0) is 38.8 Å². The maximum Gasteiger partial charge on any atom is 0.326 e. The van der Waals surface area contributed by atoms with E-state index in [0.717, 1.165) is 12.8 Å². The third-order valence-corrected chi connectivity index (χ3v) is 4.00. The number of nitrogens with zero attached hydrogens (tertiary/aromatic N) is 1. The molecule has 1 atom stereocenters. The lowest BCUT2D eigenvalue weighted by Crippen LogP contribution is -2.44. The highest BCUT2D eigenvalue weighted by molar-refractivity contribution is 6.32. The number of aliphatic carboxylic acids is 1. The molecule has 2 rings (SSSR count). The van der Waals surface area contributed by atoms with Crippen molar-refractivity contribution in [2.45, 2.75) is 38.8 Å². The predicted octanol–water partition coefficient (Wildman–Crippen LogP) is 2.83. The zero-order valence-electron chi connectivity index (χ0n) is 13.3. The number of carboxylic acid groups (broad SMARTS) is 1. The van der Waals surface area contributed by atoms with E-state index in [1.165, 1.54) is 31.1 Å². The topological polar surface area (TPSA) is 76.1 Å². The maximum atomic E-state index is 12.8. The van der Waals surface area contributed by atoms with Crippen LogP contribution < -0.4 is 9.47 Å². The molecular formula is C16H20ClNO5. The van der Waals surface area contributed by atoms with Gasteiger partial charge in [-0.3, -0.25) is 4.79 Å². The fraction of sp³-hybridized carbons (Fsp3) is 0.500. The summed E-state index contributed by atoms with van der Waals surface area (Å²) in [7, 11) is 1.46. The number of ether oxygens (including phenoxy) is 2. The number of rotatable bonds is 7. The molecule has 1 amide bonds. The standard InChI is InChI=1S/C16H20ClNO5/c1-4-23-14-12(17)7-10(8-13(14)22-3)15(19)18(11-5-6-11)9(2)16(20)21/h7-9,11H,4-6H2,1-3H3,(H,20,21). The number of carbonyl (C=O) groups excluding carboxylic acids is 1. The molecule has 1 unspecified atom stereocenters. The second-order valence-corrected chi connectivity index (χ2v) is 5.79. The Labute approximate surface area is 139 Å². The van der Waals surface area contributed by atoms with Gasteiger partial charge in [0.2, 0.25) is 0 Å². The highest BCUT2D eigenvalue weighted by atomic mass is 35.5. The van der Waals surface area contributed by atoms with Crippen LogP contribution in [0.2, 0.25) is 5.02 Å². The highest BCUT2D eigenvalue weighted by Gasteiger charge is 2.39. The molecule has 0 radical (unpaired) electrons. The van der Waals surface area contributed by atoms with E-state index in [1.54, 1.807) is 0 Å². The van der Waals surface area contributed by atoms with Crippen molar-refractivity contribution in [1.29, 1.82) is 0 Å². The Kier molecular flexibility index (Phi) is 5.36. The summed E-state index contributed by atoms with van der Waals surface area (Å²) < 4.78 is 10.7. The molecule has 7 heteroatoms. The van der Waals surface area contributed by atoms with E-state index < -0.39 is 12.0 Å². The smallest absolute Gasteiger partial charge is 0.326 e. The SMILES string of the molecule is CCOc1c(Cl)cc(C(=O)N(C2CC2)C(C)C(=O)O)cc1OC. The summed E-state index contributed by atoms with van der Waals surface area (Å²) in [5.41, 5.74) is 0.287. The van der Waals surface area contributed by atoms with Gasteiger partial charge in [0, 0.05) is 11.6 Å². The summed E-state index contributed by atoms with van der Waals surface area (Å²) in [5.74, 6) is -0.682. The number of hydrogen-bond donors (Lipinski definition) is 1. The lowest BCUT2D eigenvalue weighted by atomic mass is 10.1. The van der Waals surface area contributed by atoms with Crippen LogP contribution in [0, 0.1) is 0 Å². The average molecular weight is 342 g/mol. The monoisotopic (exact) mass is 341 g/mol. The molecule has 1 aromatic rings. The zero-order valence-corrected chi connectivity index (χ0v) is 14.1. The first-order valence-electron chi connectivity index (χ1n) is 7.46. The molecule has 0 saturated heterocycles. The van der Waals surface area contributed by atoms with E-state index in [1.807, 2.05) is 6.92 Å². The number of carbonyl (C=O) groups is 2. The molecule has 0 bridgehead atoms. The van der Waals surface area contributed by atoms with Gasteiger partial charge in [-0.25, -0.2) is 4.79 Å². The second kappa shape index (κ2) is 7.08. The number of benzene rings is 1. The fourth-order valence-corrected chi connectivity index (χ4v) is 2.67. The van der Waals surface area contributed by atoms with Gasteiger partial charge in [0.05, 0.1) is 18.7 Å². The number of carboxylic acids is 1. The fourth-order valence-electron chi connectivity index (χ4n) is 2.41. The predicted molar refractivity (Wildman–Crippen MR) is 85.5 cm³/mol. The van der Waals surface area contributed by atoms with Gasteiger partial charge < -0.3 is 19.5 Å². The lowest BCUT2D eigenvalue weighted by Gasteiger charge is -2.27. The minimum Gasteiger partial charge on any atom is -0.493 e. The van der Waals surface area contributed by atoms with Crippen LogP contribution in [0.1, 0.15) is 37.0 Å². The van der Waals surface area contributed by atoms with Crippen molar-refractivity contribution in [2.75, 3.05) is 13.7 Å². The van der Waals surface area contributed by atoms with Gasteiger partial charge in [-0.2, -0.15) is 0 Å². The van der Waals surface area contributed by atoms with Crippen LogP contribution >= 0.6 is 11.6 Å². The molecule has 1 aliphatic carbocycles. The molecule has 1 N–H and O–H groups in total. The molecule has 1 fully saturated rings. The maximum absolute atomic E-state index is 12.8. The van der Waals surface area contributed by atoms with Crippen LogP contribution in [-0.2, 0) is 4.79 Å². The van der Waals surface area contributed by atoms with Crippen molar-refractivity contribution in [3.63, 3.8) is 0 Å². The lowest BCUT2D eigenvalue weighted by molar-refractivity contribution is -0.141. The first-order valence-corrected chi connectivity index (χ1v) is 7.84. The molecule has 1 aromatic carbocycles. The molecule has 6 nitrogen and oxygen atoms in total. The van der Waals surface area contributed by atoms with E-state index in [-0.39, 0.29) is 22.5 Å². The van der Waals surface area contributed by atoms with Crippen LogP contribution in [0.15, 0.2) is 12.1 Å². The third-order valence-electron chi connectivity index (χ3n) is 3.71. The van der Waals surface area contributed by atoms with Crippen molar-refractivity contribution in [3.8, 4) is 11.5 Å². The van der Waals surface area contributed by atoms with E-state index in [0.29, 0.717) is 18.1 Å². The molecular weight excluding hydrogens is 322 g/mol. The van der Waals surface area contributed by atoms with Crippen LogP contribution in [-0.4, -0.2) is 47.7 Å². The Morgan fingerprint density at radius 3 is 2.57 bits per heavy atom. The molecule has 0 heterocycles. The van der Waals surface area contributed by atoms with E-state index >= 15 is 0 Å². The Morgan fingerprint density at radius 2 is 2.09 bits per heavy atom. The Balaban J connectivity index is 2.37. The summed E-state index contributed by atoms with van der Waals surface area (Å²) >= 11 is 6.19. The largest absolute Gasteiger partial charge is 0.493 e. The Bertz CT molecular complexity index is 615. The summed E-state index contributed by atoms with van der Waals surface area (Å²) in [6, 6.07) is 2.08. The van der Waals surface area contributed by atoms with E-state index in [4.69, 9.17) is 21.1 Å². The van der Waals surface area contributed by atoms with E-state index in [9.17, 15) is 14.7 Å². The molecule has 0 spiro atoms. The number of methoxy groups -OCH3 is 1. The molecule has 126 valence electrons. The van der Waals surface area contributed by atoms with Crippen molar-refractivity contribution >= 4 is 23.5 Å².